The highest BCUT2D eigenvalue weighted by Crippen LogP contribution is 2.18. The standard InChI is InChI=1S/C10H11ClO4/c1-10(14,9(12)13)6-15-8-4-2-3-7(11)5-8/h2-5,14H,6H2,1H3,(H,12,13). The number of benzene rings is 1. The lowest BCUT2D eigenvalue weighted by atomic mass is 10.1. The van der Waals surface area contributed by atoms with Gasteiger partial charge in [0, 0.05) is 5.02 Å². The van der Waals surface area contributed by atoms with E-state index in [1.165, 1.54) is 6.92 Å². The zero-order valence-corrected chi connectivity index (χ0v) is 8.86. The van der Waals surface area contributed by atoms with Crippen molar-refractivity contribution in [2.75, 3.05) is 6.61 Å². The third-order valence-electron chi connectivity index (χ3n) is 1.78. The molecule has 0 aliphatic rings. The minimum Gasteiger partial charge on any atom is -0.490 e. The van der Waals surface area contributed by atoms with E-state index < -0.39 is 11.6 Å². The van der Waals surface area contributed by atoms with E-state index in [4.69, 9.17) is 21.4 Å². The van der Waals surface area contributed by atoms with Crippen LogP contribution in [-0.4, -0.2) is 28.4 Å². The Morgan fingerprint density at radius 2 is 2.27 bits per heavy atom. The molecule has 0 aliphatic heterocycles. The van der Waals surface area contributed by atoms with Crippen molar-refractivity contribution in [3.05, 3.63) is 29.3 Å². The number of aliphatic carboxylic acids is 1. The van der Waals surface area contributed by atoms with Gasteiger partial charge in [-0.1, -0.05) is 17.7 Å². The summed E-state index contributed by atoms with van der Waals surface area (Å²) in [5.41, 5.74) is -1.90. The van der Waals surface area contributed by atoms with Crippen molar-refractivity contribution in [1.29, 1.82) is 0 Å². The maximum atomic E-state index is 10.6. The van der Waals surface area contributed by atoms with Crippen LogP contribution in [-0.2, 0) is 4.79 Å². The molecule has 0 aromatic heterocycles. The molecule has 0 heterocycles. The zero-order valence-electron chi connectivity index (χ0n) is 8.11. The van der Waals surface area contributed by atoms with Crippen molar-refractivity contribution in [3.8, 4) is 5.75 Å². The molecule has 0 fully saturated rings. The van der Waals surface area contributed by atoms with Crippen molar-refractivity contribution in [1.82, 2.24) is 0 Å². The molecule has 82 valence electrons. The highest BCUT2D eigenvalue weighted by molar-refractivity contribution is 6.30. The Labute approximate surface area is 92.1 Å². The van der Waals surface area contributed by atoms with Crippen LogP contribution in [0.15, 0.2) is 24.3 Å². The van der Waals surface area contributed by atoms with Gasteiger partial charge in [-0.15, -0.1) is 0 Å². The first-order valence-corrected chi connectivity index (χ1v) is 4.64. The average molecular weight is 231 g/mol. The van der Waals surface area contributed by atoms with Crippen LogP contribution in [0.1, 0.15) is 6.92 Å². The van der Waals surface area contributed by atoms with Crippen molar-refractivity contribution in [3.63, 3.8) is 0 Å². The summed E-state index contributed by atoms with van der Waals surface area (Å²) in [7, 11) is 0. The van der Waals surface area contributed by atoms with Crippen LogP contribution in [0.2, 0.25) is 5.02 Å². The molecule has 0 amide bonds. The second-order valence-corrected chi connectivity index (χ2v) is 3.76. The Morgan fingerprint density at radius 1 is 1.60 bits per heavy atom. The maximum Gasteiger partial charge on any atom is 0.339 e. The number of hydrogen-bond acceptors (Lipinski definition) is 3. The summed E-state index contributed by atoms with van der Waals surface area (Å²) in [5, 5.41) is 18.5. The number of carbonyl (C=O) groups is 1. The van der Waals surface area contributed by atoms with Crippen LogP contribution < -0.4 is 4.74 Å². The number of hydrogen-bond donors (Lipinski definition) is 2. The number of rotatable bonds is 4. The van der Waals surface area contributed by atoms with E-state index in [1.54, 1.807) is 24.3 Å². The molecule has 15 heavy (non-hydrogen) atoms. The first-order valence-electron chi connectivity index (χ1n) is 4.26. The lowest BCUT2D eigenvalue weighted by molar-refractivity contribution is -0.159. The van der Waals surface area contributed by atoms with E-state index in [-0.39, 0.29) is 6.61 Å². The van der Waals surface area contributed by atoms with Gasteiger partial charge in [0.25, 0.3) is 0 Å². The molecule has 1 atom stereocenters. The Balaban J connectivity index is 2.61. The van der Waals surface area contributed by atoms with Crippen LogP contribution in [0.5, 0.6) is 5.75 Å². The molecule has 2 N–H and O–H groups in total. The van der Waals surface area contributed by atoms with E-state index in [2.05, 4.69) is 0 Å². The van der Waals surface area contributed by atoms with Gasteiger partial charge in [0.2, 0.25) is 0 Å². The highest BCUT2D eigenvalue weighted by Gasteiger charge is 2.30. The molecule has 5 heteroatoms. The maximum absolute atomic E-state index is 10.6. The molecule has 1 aromatic carbocycles. The van der Waals surface area contributed by atoms with E-state index >= 15 is 0 Å². The van der Waals surface area contributed by atoms with Crippen LogP contribution in [0.25, 0.3) is 0 Å². The fraction of sp³-hybridized carbons (Fsp3) is 0.300. The third kappa shape index (κ3) is 3.42. The van der Waals surface area contributed by atoms with E-state index in [9.17, 15) is 9.90 Å². The smallest absolute Gasteiger partial charge is 0.339 e. The Hall–Kier alpha value is -1.26. The normalized spacial score (nSPS) is 14.3. The molecule has 0 radical (unpaired) electrons. The lowest BCUT2D eigenvalue weighted by Gasteiger charge is -2.18. The van der Waals surface area contributed by atoms with Gasteiger partial charge in [-0.2, -0.15) is 0 Å². The first kappa shape index (κ1) is 11.8. The number of carboxylic acid groups (broad SMARTS) is 1. The quantitative estimate of drug-likeness (QED) is 0.824. The lowest BCUT2D eigenvalue weighted by Crippen LogP contribution is -2.41. The van der Waals surface area contributed by atoms with Crippen molar-refractivity contribution < 1.29 is 19.7 Å². The van der Waals surface area contributed by atoms with Gasteiger partial charge in [0.1, 0.15) is 12.4 Å². The van der Waals surface area contributed by atoms with Crippen molar-refractivity contribution >= 4 is 17.6 Å². The van der Waals surface area contributed by atoms with Crippen molar-refractivity contribution in [2.24, 2.45) is 0 Å². The van der Waals surface area contributed by atoms with E-state index in [1.807, 2.05) is 0 Å². The molecule has 4 nitrogen and oxygen atoms in total. The summed E-state index contributed by atoms with van der Waals surface area (Å²) < 4.78 is 5.10. The third-order valence-corrected chi connectivity index (χ3v) is 2.01. The fourth-order valence-corrected chi connectivity index (χ4v) is 1.02. The number of carboxylic acids is 1. The fourth-order valence-electron chi connectivity index (χ4n) is 0.842. The topological polar surface area (TPSA) is 66.8 Å². The van der Waals surface area contributed by atoms with Gasteiger partial charge in [-0.25, -0.2) is 4.79 Å². The van der Waals surface area contributed by atoms with Gasteiger partial charge >= 0.3 is 5.97 Å². The summed E-state index contributed by atoms with van der Waals surface area (Å²) in [6.07, 6.45) is 0. The largest absolute Gasteiger partial charge is 0.490 e. The summed E-state index contributed by atoms with van der Waals surface area (Å²) in [5.74, 6) is -0.909. The van der Waals surface area contributed by atoms with Crippen LogP contribution in [0.4, 0.5) is 0 Å². The molecule has 0 saturated carbocycles. The molecule has 0 bridgehead atoms. The SMILES string of the molecule is CC(O)(COc1cccc(Cl)c1)C(=O)O. The van der Waals surface area contributed by atoms with Crippen LogP contribution >= 0.6 is 11.6 Å². The Morgan fingerprint density at radius 3 is 2.80 bits per heavy atom. The van der Waals surface area contributed by atoms with Gasteiger partial charge in [0.15, 0.2) is 5.60 Å². The first-order chi connectivity index (χ1) is 6.92. The number of ether oxygens (including phenoxy) is 1. The van der Waals surface area contributed by atoms with Gasteiger partial charge in [-0.3, -0.25) is 0 Å². The van der Waals surface area contributed by atoms with Gasteiger partial charge in [0.05, 0.1) is 0 Å². The molecular formula is C10H11ClO4. The molecule has 1 rings (SSSR count). The summed E-state index contributed by atoms with van der Waals surface area (Å²) in [6.45, 7) is 0.836. The molecule has 1 aromatic rings. The van der Waals surface area contributed by atoms with Crippen molar-refractivity contribution in [2.45, 2.75) is 12.5 Å². The second-order valence-electron chi connectivity index (χ2n) is 3.33. The minimum atomic E-state index is -1.90. The summed E-state index contributed by atoms with van der Waals surface area (Å²) in [4.78, 5) is 10.6. The monoisotopic (exact) mass is 230 g/mol. The summed E-state index contributed by atoms with van der Waals surface area (Å²) >= 11 is 5.70. The Bertz CT molecular complexity index is 362. The van der Waals surface area contributed by atoms with Gasteiger partial charge in [-0.05, 0) is 25.1 Å². The molecule has 0 saturated heterocycles. The molecule has 0 spiro atoms. The van der Waals surface area contributed by atoms with E-state index in [0.717, 1.165) is 0 Å². The van der Waals surface area contributed by atoms with Gasteiger partial charge < -0.3 is 14.9 Å². The predicted octanol–water partition coefficient (Wildman–Crippen LogP) is 1.55. The average Bonchev–Trinajstić information content (AvgIpc) is 2.15. The molecule has 0 aliphatic carbocycles. The zero-order chi connectivity index (χ0) is 11.5. The predicted molar refractivity (Wildman–Crippen MR) is 55.2 cm³/mol. The Kier molecular flexibility index (Phi) is 3.55. The second kappa shape index (κ2) is 4.51. The highest BCUT2D eigenvalue weighted by atomic mass is 35.5. The van der Waals surface area contributed by atoms with Crippen LogP contribution in [0.3, 0.4) is 0 Å². The molecular weight excluding hydrogens is 220 g/mol. The summed E-state index contributed by atoms with van der Waals surface area (Å²) in [6, 6.07) is 6.51. The number of halogens is 1. The van der Waals surface area contributed by atoms with Crippen LogP contribution in [0, 0.1) is 0 Å². The molecule has 1 unspecified atom stereocenters. The number of aliphatic hydroxyl groups is 1. The van der Waals surface area contributed by atoms with E-state index in [0.29, 0.717) is 10.8 Å². The minimum absolute atomic E-state index is 0.331.